The normalized spacial score (nSPS) is 11.0. The number of nitrogens with zero attached hydrogens (tertiary/aromatic N) is 1. The maximum atomic E-state index is 11.9. The molecule has 27 heavy (non-hydrogen) atoms. The van der Waals surface area contributed by atoms with Gasteiger partial charge in [0.1, 0.15) is 0 Å². The van der Waals surface area contributed by atoms with Crippen LogP contribution >= 0.6 is 15.9 Å². The third-order valence-electron chi connectivity index (χ3n) is 3.92. The number of amides is 2. The van der Waals surface area contributed by atoms with Gasteiger partial charge in [0.15, 0.2) is 0 Å². The summed E-state index contributed by atoms with van der Waals surface area (Å²) in [5, 5.41) is 6.76. The van der Waals surface area contributed by atoms with Gasteiger partial charge in [-0.1, -0.05) is 60.1 Å². The van der Waals surface area contributed by atoms with E-state index in [0.29, 0.717) is 12.3 Å². The molecule has 0 aromatic heterocycles. The second-order valence-corrected chi connectivity index (χ2v) is 7.44. The molecular formula is C21H24BrN3O2. The maximum absolute atomic E-state index is 11.9. The van der Waals surface area contributed by atoms with Gasteiger partial charge < -0.3 is 5.32 Å². The number of benzene rings is 2. The summed E-state index contributed by atoms with van der Waals surface area (Å²) < 4.78 is 0.899. The van der Waals surface area contributed by atoms with Gasteiger partial charge in [-0.3, -0.25) is 9.59 Å². The number of halogens is 1. The highest BCUT2D eigenvalue weighted by atomic mass is 79.9. The summed E-state index contributed by atoms with van der Waals surface area (Å²) in [6.07, 6.45) is 2.60. The van der Waals surface area contributed by atoms with Crippen LogP contribution in [0.15, 0.2) is 58.1 Å². The van der Waals surface area contributed by atoms with Crippen molar-refractivity contribution in [3.8, 4) is 0 Å². The average molecular weight is 430 g/mol. The van der Waals surface area contributed by atoms with E-state index < -0.39 is 0 Å². The lowest BCUT2D eigenvalue weighted by molar-refractivity contribution is -0.121. The summed E-state index contributed by atoms with van der Waals surface area (Å²) in [7, 11) is 0. The van der Waals surface area contributed by atoms with Crippen molar-refractivity contribution in [2.75, 3.05) is 5.32 Å². The van der Waals surface area contributed by atoms with Gasteiger partial charge in [-0.2, -0.15) is 5.10 Å². The zero-order chi connectivity index (χ0) is 19.6. The van der Waals surface area contributed by atoms with Crippen LogP contribution in [-0.2, 0) is 9.59 Å². The number of hydrogen-bond acceptors (Lipinski definition) is 3. The van der Waals surface area contributed by atoms with Gasteiger partial charge in [-0.15, -0.1) is 0 Å². The molecule has 0 aliphatic carbocycles. The topological polar surface area (TPSA) is 70.6 Å². The Morgan fingerprint density at radius 2 is 1.78 bits per heavy atom. The predicted octanol–water partition coefficient (Wildman–Crippen LogP) is 4.83. The molecule has 0 saturated carbocycles. The molecule has 0 bridgehead atoms. The Morgan fingerprint density at radius 1 is 1.07 bits per heavy atom. The molecule has 0 spiro atoms. The van der Waals surface area contributed by atoms with Gasteiger partial charge >= 0.3 is 0 Å². The van der Waals surface area contributed by atoms with Crippen molar-refractivity contribution in [2.24, 2.45) is 5.10 Å². The zero-order valence-corrected chi connectivity index (χ0v) is 17.1. The summed E-state index contributed by atoms with van der Waals surface area (Å²) >= 11 is 3.36. The van der Waals surface area contributed by atoms with Crippen LogP contribution in [0.25, 0.3) is 0 Å². The van der Waals surface area contributed by atoms with Gasteiger partial charge in [0.2, 0.25) is 11.8 Å². The molecular weight excluding hydrogens is 406 g/mol. The first-order valence-electron chi connectivity index (χ1n) is 8.91. The second-order valence-electron chi connectivity index (χ2n) is 6.53. The Morgan fingerprint density at radius 3 is 2.44 bits per heavy atom. The summed E-state index contributed by atoms with van der Waals surface area (Å²) in [4.78, 5) is 23.7. The average Bonchev–Trinajstić information content (AvgIpc) is 2.62. The molecule has 0 aliphatic rings. The van der Waals surface area contributed by atoms with Gasteiger partial charge in [-0.25, -0.2) is 5.43 Å². The number of nitrogens with one attached hydrogen (secondary N) is 2. The lowest BCUT2D eigenvalue weighted by Gasteiger charge is -2.05. The third-order valence-corrected chi connectivity index (χ3v) is 4.42. The Labute approximate surface area is 168 Å². The van der Waals surface area contributed by atoms with Gasteiger partial charge in [0, 0.05) is 23.0 Å². The van der Waals surface area contributed by atoms with Crippen LogP contribution in [0.2, 0.25) is 0 Å². The Bertz CT molecular complexity index is 801. The smallest absolute Gasteiger partial charge is 0.240 e. The van der Waals surface area contributed by atoms with Crippen LogP contribution in [0.4, 0.5) is 5.69 Å². The molecule has 2 aromatic rings. The fourth-order valence-corrected chi connectivity index (χ4v) is 2.80. The highest BCUT2D eigenvalue weighted by molar-refractivity contribution is 9.10. The Balaban J connectivity index is 1.67. The third kappa shape index (κ3) is 7.74. The largest absolute Gasteiger partial charge is 0.326 e. The van der Waals surface area contributed by atoms with E-state index in [0.717, 1.165) is 15.7 Å². The molecule has 5 nitrogen and oxygen atoms in total. The van der Waals surface area contributed by atoms with Crippen molar-refractivity contribution in [2.45, 2.75) is 39.0 Å². The van der Waals surface area contributed by atoms with E-state index in [1.165, 1.54) is 5.56 Å². The summed E-state index contributed by atoms with van der Waals surface area (Å²) in [5.41, 5.74) is 5.41. The van der Waals surface area contributed by atoms with Crippen LogP contribution in [-0.4, -0.2) is 18.0 Å². The molecule has 142 valence electrons. The number of hydrazone groups is 1. The molecule has 6 heteroatoms. The summed E-state index contributed by atoms with van der Waals surface area (Å²) in [6.45, 7) is 4.28. The van der Waals surface area contributed by atoms with E-state index >= 15 is 0 Å². The first-order chi connectivity index (χ1) is 12.9. The van der Waals surface area contributed by atoms with E-state index in [-0.39, 0.29) is 24.7 Å². The molecule has 0 radical (unpaired) electrons. The van der Waals surface area contributed by atoms with Crippen molar-refractivity contribution in [3.63, 3.8) is 0 Å². The molecule has 2 amide bonds. The number of hydrogen-bond donors (Lipinski definition) is 2. The standard InChI is InChI=1S/C21H24BrN3O2/c1-15(2)17-11-9-16(10-12-17)14-23-25-21(27)8-4-7-20(26)24-19-6-3-5-18(22)13-19/h3,5-6,9-15H,4,7-8H2,1-2H3,(H,24,26)(H,25,27)/b23-14-. The number of anilines is 1. The maximum Gasteiger partial charge on any atom is 0.240 e. The van der Waals surface area contributed by atoms with E-state index in [2.05, 4.69) is 57.8 Å². The molecule has 0 heterocycles. The fraction of sp³-hybridized carbons (Fsp3) is 0.286. The Hall–Kier alpha value is -2.47. The number of rotatable bonds is 8. The minimum atomic E-state index is -0.208. The summed E-state index contributed by atoms with van der Waals surface area (Å²) in [5.74, 6) is 0.159. The van der Waals surface area contributed by atoms with Gasteiger partial charge in [0.05, 0.1) is 6.21 Å². The second kappa shape index (κ2) is 10.6. The first kappa shape index (κ1) is 20.8. The van der Waals surface area contributed by atoms with Crippen LogP contribution in [0.1, 0.15) is 50.2 Å². The van der Waals surface area contributed by atoms with Crippen LogP contribution < -0.4 is 10.7 Å². The quantitative estimate of drug-likeness (QED) is 0.465. The van der Waals surface area contributed by atoms with Crippen LogP contribution in [0, 0.1) is 0 Å². The number of carbonyl (C=O) groups excluding carboxylic acids is 2. The van der Waals surface area contributed by atoms with Crippen LogP contribution in [0.5, 0.6) is 0 Å². The molecule has 0 atom stereocenters. The number of carbonyl (C=O) groups is 2. The zero-order valence-electron chi connectivity index (χ0n) is 15.5. The Kier molecular flexibility index (Phi) is 8.20. The molecule has 2 aromatic carbocycles. The van der Waals surface area contributed by atoms with Gasteiger partial charge in [0.25, 0.3) is 0 Å². The first-order valence-corrected chi connectivity index (χ1v) is 9.70. The highest BCUT2D eigenvalue weighted by Crippen LogP contribution is 2.16. The fourth-order valence-electron chi connectivity index (χ4n) is 2.40. The van der Waals surface area contributed by atoms with Crippen LogP contribution in [0.3, 0.4) is 0 Å². The molecule has 0 aliphatic heterocycles. The molecule has 0 fully saturated rings. The predicted molar refractivity (Wildman–Crippen MR) is 113 cm³/mol. The van der Waals surface area contributed by atoms with E-state index in [1.807, 2.05) is 36.4 Å². The lowest BCUT2D eigenvalue weighted by Crippen LogP contribution is -2.18. The van der Waals surface area contributed by atoms with Crippen molar-refractivity contribution in [1.82, 2.24) is 5.43 Å². The highest BCUT2D eigenvalue weighted by Gasteiger charge is 2.05. The van der Waals surface area contributed by atoms with E-state index in [9.17, 15) is 9.59 Å². The lowest BCUT2D eigenvalue weighted by atomic mass is 10.0. The SMILES string of the molecule is CC(C)c1ccc(/C=N\NC(=O)CCCC(=O)Nc2cccc(Br)c2)cc1. The van der Waals surface area contributed by atoms with E-state index in [1.54, 1.807) is 6.21 Å². The summed E-state index contributed by atoms with van der Waals surface area (Å²) in [6, 6.07) is 15.4. The van der Waals surface area contributed by atoms with E-state index in [4.69, 9.17) is 0 Å². The molecule has 0 saturated heterocycles. The van der Waals surface area contributed by atoms with Crippen molar-refractivity contribution >= 4 is 39.6 Å². The monoisotopic (exact) mass is 429 g/mol. The molecule has 2 rings (SSSR count). The van der Waals surface area contributed by atoms with Crippen molar-refractivity contribution < 1.29 is 9.59 Å². The van der Waals surface area contributed by atoms with Crippen molar-refractivity contribution in [1.29, 1.82) is 0 Å². The van der Waals surface area contributed by atoms with Gasteiger partial charge in [-0.05, 0) is 41.7 Å². The van der Waals surface area contributed by atoms with Crippen molar-refractivity contribution in [3.05, 3.63) is 64.1 Å². The molecule has 0 unspecified atom stereocenters. The molecule has 2 N–H and O–H groups in total. The minimum absolute atomic E-state index is 0.116. The minimum Gasteiger partial charge on any atom is -0.326 e.